The van der Waals surface area contributed by atoms with Crippen LogP contribution in [-0.2, 0) is 4.74 Å². The highest BCUT2D eigenvalue weighted by Crippen LogP contribution is 2.38. The molecule has 1 aliphatic heterocycles. The highest BCUT2D eigenvalue weighted by Gasteiger charge is 2.31. The van der Waals surface area contributed by atoms with Gasteiger partial charge in [0.05, 0.1) is 25.2 Å². The molecule has 9 nitrogen and oxygen atoms in total. The lowest BCUT2D eigenvalue weighted by atomic mass is 9.89. The molecule has 4 N–H and O–H groups in total. The van der Waals surface area contributed by atoms with Gasteiger partial charge in [-0.05, 0) is 72.9 Å². The summed E-state index contributed by atoms with van der Waals surface area (Å²) in [5.41, 5.74) is 1.34. The van der Waals surface area contributed by atoms with Crippen molar-refractivity contribution >= 4 is 12.2 Å². The molecule has 1 saturated heterocycles. The molecule has 2 atom stereocenters. The van der Waals surface area contributed by atoms with Crippen LogP contribution >= 0.6 is 0 Å². The van der Waals surface area contributed by atoms with Crippen LogP contribution < -0.4 is 31.9 Å². The van der Waals surface area contributed by atoms with Crippen molar-refractivity contribution in [1.29, 1.82) is 0 Å². The zero-order valence-corrected chi connectivity index (χ0v) is 22.5. The fourth-order valence-electron chi connectivity index (χ4n) is 5.25. The fraction of sp³-hybridized carbons (Fsp3) is 0.323. The number of aromatic nitrogens is 4. The van der Waals surface area contributed by atoms with E-state index in [0.717, 1.165) is 31.0 Å². The third-order valence-electron chi connectivity index (χ3n) is 7.57. The summed E-state index contributed by atoms with van der Waals surface area (Å²) in [6.45, 7) is 2.11. The SMILES string of the molecule is O=c1[nH]/c(=C\c2nc[nH]c2C(CCC2CC2)C2COCCN2)c(=O)[nH]/c1=C\c1cccc(Oc2ccc(F)cc2)c1. The Balaban J connectivity index is 1.28. The van der Waals surface area contributed by atoms with E-state index in [0.29, 0.717) is 36.0 Å². The van der Waals surface area contributed by atoms with Crippen LogP contribution in [0, 0.1) is 11.7 Å². The van der Waals surface area contributed by atoms with E-state index in [1.807, 2.05) is 0 Å². The van der Waals surface area contributed by atoms with Gasteiger partial charge >= 0.3 is 0 Å². The average Bonchev–Trinajstić information content (AvgIpc) is 3.70. The minimum absolute atomic E-state index is 0.110. The van der Waals surface area contributed by atoms with Crippen LogP contribution in [0.1, 0.15) is 48.6 Å². The summed E-state index contributed by atoms with van der Waals surface area (Å²) in [6, 6.07) is 12.9. The molecule has 2 aliphatic rings. The van der Waals surface area contributed by atoms with Gasteiger partial charge in [0.1, 0.15) is 28.0 Å². The Morgan fingerprint density at radius 3 is 2.54 bits per heavy atom. The molecule has 10 heteroatoms. The third kappa shape index (κ3) is 6.72. The number of morpholine rings is 1. The van der Waals surface area contributed by atoms with Crippen molar-refractivity contribution in [1.82, 2.24) is 25.3 Å². The zero-order valence-electron chi connectivity index (χ0n) is 22.5. The van der Waals surface area contributed by atoms with Crippen molar-refractivity contribution in [3.8, 4) is 11.5 Å². The number of benzene rings is 2. The number of hydrogen-bond acceptors (Lipinski definition) is 6. The highest BCUT2D eigenvalue weighted by atomic mass is 19.1. The number of hydrogen-bond donors (Lipinski definition) is 4. The second kappa shape index (κ2) is 12.1. The minimum Gasteiger partial charge on any atom is -0.457 e. The molecule has 41 heavy (non-hydrogen) atoms. The second-order valence-electron chi connectivity index (χ2n) is 10.6. The van der Waals surface area contributed by atoms with Gasteiger partial charge in [0.15, 0.2) is 0 Å². The maximum absolute atomic E-state index is 13.2. The van der Waals surface area contributed by atoms with E-state index in [1.165, 1.54) is 37.1 Å². The Bertz CT molecular complexity index is 1730. The summed E-state index contributed by atoms with van der Waals surface area (Å²) in [7, 11) is 0. The Labute approximate surface area is 235 Å². The first-order chi connectivity index (χ1) is 20.0. The van der Waals surface area contributed by atoms with E-state index in [1.54, 1.807) is 42.7 Å². The monoisotopic (exact) mass is 557 g/mol. The first-order valence-corrected chi connectivity index (χ1v) is 14.0. The number of rotatable bonds is 9. The molecule has 0 bridgehead atoms. The van der Waals surface area contributed by atoms with Crippen molar-refractivity contribution in [2.75, 3.05) is 19.8 Å². The molecule has 1 saturated carbocycles. The molecule has 2 unspecified atom stereocenters. The van der Waals surface area contributed by atoms with Crippen LogP contribution in [0.15, 0.2) is 64.4 Å². The van der Waals surface area contributed by atoms with Gasteiger partial charge in [0, 0.05) is 24.2 Å². The van der Waals surface area contributed by atoms with Crippen LogP contribution in [-0.4, -0.2) is 45.7 Å². The van der Waals surface area contributed by atoms with Crippen molar-refractivity contribution in [3.05, 3.63) is 109 Å². The fourth-order valence-corrected chi connectivity index (χ4v) is 5.25. The number of H-pyrrole nitrogens is 3. The number of imidazole rings is 1. The van der Waals surface area contributed by atoms with Gasteiger partial charge in [-0.1, -0.05) is 25.0 Å². The minimum atomic E-state index is -0.439. The summed E-state index contributed by atoms with van der Waals surface area (Å²) < 4.78 is 24.7. The molecule has 3 heterocycles. The molecule has 2 aromatic carbocycles. The summed E-state index contributed by atoms with van der Waals surface area (Å²) in [4.78, 5) is 39.2. The Hall–Kier alpha value is -4.28. The largest absolute Gasteiger partial charge is 0.457 e. The Kier molecular flexibility index (Phi) is 7.93. The van der Waals surface area contributed by atoms with Crippen LogP contribution in [0.25, 0.3) is 12.2 Å². The predicted octanol–water partition coefficient (Wildman–Crippen LogP) is 2.64. The van der Waals surface area contributed by atoms with Crippen LogP contribution in [0.5, 0.6) is 11.5 Å². The molecule has 2 aromatic heterocycles. The lowest BCUT2D eigenvalue weighted by molar-refractivity contribution is 0.0658. The van der Waals surface area contributed by atoms with E-state index in [4.69, 9.17) is 9.47 Å². The molecular weight excluding hydrogens is 525 g/mol. The molecule has 0 spiro atoms. The lowest BCUT2D eigenvalue weighted by Gasteiger charge is -2.31. The number of ether oxygens (including phenoxy) is 2. The van der Waals surface area contributed by atoms with Crippen molar-refractivity contribution < 1.29 is 13.9 Å². The average molecular weight is 558 g/mol. The normalized spacial score (nSPS) is 18.9. The van der Waals surface area contributed by atoms with Gasteiger partial charge in [-0.2, -0.15) is 0 Å². The van der Waals surface area contributed by atoms with E-state index in [2.05, 4.69) is 25.3 Å². The molecule has 4 aromatic rings. The van der Waals surface area contributed by atoms with E-state index >= 15 is 0 Å². The number of aromatic amines is 3. The maximum atomic E-state index is 13.2. The van der Waals surface area contributed by atoms with Gasteiger partial charge in [-0.3, -0.25) is 9.59 Å². The molecule has 0 amide bonds. The van der Waals surface area contributed by atoms with E-state index in [9.17, 15) is 14.0 Å². The van der Waals surface area contributed by atoms with Crippen LogP contribution in [0.2, 0.25) is 0 Å². The second-order valence-corrected chi connectivity index (χ2v) is 10.6. The van der Waals surface area contributed by atoms with Gasteiger partial charge in [0.25, 0.3) is 11.1 Å². The molecule has 0 radical (unpaired) electrons. The van der Waals surface area contributed by atoms with Crippen LogP contribution in [0.3, 0.4) is 0 Å². The van der Waals surface area contributed by atoms with Crippen molar-refractivity contribution in [3.63, 3.8) is 0 Å². The van der Waals surface area contributed by atoms with Gasteiger partial charge in [-0.15, -0.1) is 0 Å². The smallest absolute Gasteiger partial charge is 0.272 e. The Morgan fingerprint density at radius 1 is 1.02 bits per heavy atom. The standard InChI is InChI=1S/C31H32FN5O4/c32-21-7-9-22(10-8-21)41-23-3-1-2-20(14-23)15-26-30(38)37-27(31(39)36-26)16-25-29(35-18-34-25)24(11-6-19-4-5-19)28-17-40-13-12-33-28/h1-3,7-10,14-16,18-19,24,28,33H,4-6,11-13,17H2,(H,34,35)(H,36,39)(H,37,38)/b26-15-,27-16-. The number of nitrogens with zero attached hydrogens (tertiary/aromatic N) is 1. The summed E-state index contributed by atoms with van der Waals surface area (Å²) in [5.74, 6) is 1.57. The van der Waals surface area contributed by atoms with E-state index < -0.39 is 11.1 Å². The van der Waals surface area contributed by atoms with Crippen LogP contribution in [0.4, 0.5) is 4.39 Å². The molecule has 212 valence electrons. The number of nitrogens with one attached hydrogen (secondary N) is 4. The maximum Gasteiger partial charge on any atom is 0.272 e. The summed E-state index contributed by atoms with van der Waals surface area (Å²) in [6.07, 6.45) is 9.53. The molecule has 2 fully saturated rings. The summed E-state index contributed by atoms with van der Waals surface area (Å²) in [5, 5.41) is 3.81. The van der Waals surface area contributed by atoms with E-state index in [-0.39, 0.29) is 28.5 Å². The highest BCUT2D eigenvalue weighted by molar-refractivity contribution is 5.52. The van der Waals surface area contributed by atoms with Gasteiger partial charge < -0.3 is 29.7 Å². The first kappa shape index (κ1) is 26.9. The van der Waals surface area contributed by atoms with Crippen molar-refractivity contribution in [2.45, 2.75) is 37.6 Å². The van der Waals surface area contributed by atoms with Gasteiger partial charge in [-0.25, -0.2) is 9.37 Å². The molecule has 1 aliphatic carbocycles. The van der Waals surface area contributed by atoms with Gasteiger partial charge in [0.2, 0.25) is 0 Å². The zero-order chi connectivity index (χ0) is 28.2. The third-order valence-corrected chi connectivity index (χ3v) is 7.57. The predicted molar refractivity (Wildman–Crippen MR) is 153 cm³/mol. The number of halogens is 1. The Morgan fingerprint density at radius 2 is 1.80 bits per heavy atom. The quantitative estimate of drug-likeness (QED) is 0.251. The molecular formula is C31H32FN5O4. The summed E-state index contributed by atoms with van der Waals surface area (Å²) >= 11 is 0. The molecule has 6 rings (SSSR count). The van der Waals surface area contributed by atoms with Crippen molar-refractivity contribution in [2.24, 2.45) is 5.92 Å². The lowest BCUT2D eigenvalue weighted by Crippen LogP contribution is -2.47. The topological polar surface area (TPSA) is 125 Å². The first-order valence-electron chi connectivity index (χ1n) is 14.0.